The third-order valence-electron chi connectivity index (χ3n) is 2.54. The summed E-state index contributed by atoms with van der Waals surface area (Å²) >= 11 is 0. The first kappa shape index (κ1) is 14.6. The van der Waals surface area contributed by atoms with Gasteiger partial charge < -0.3 is 15.4 Å². The van der Waals surface area contributed by atoms with Crippen molar-refractivity contribution in [2.75, 3.05) is 17.2 Å². The molecule has 0 fully saturated rings. The number of ether oxygens (including phenoxy) is 1. The Bertz CT molecular complexity index is 397. The van der Waals surface area contributed by atoms with E-state index in [0.29, 0.717) is 17.6 Å². The van der Waals surface area contributed by atoms with E-state index in [1.54, 1.807) is 0 Å². The van der Waals surface area contributed by atoms with Crippen molar-refractivity contribution in [2.24, 2.45) is 0 Å². The largest absolute Gasteiger partial charge is 0.470 e. The second-order valence-electron chi connectivity index (χ2n) is 5.66. The van der Waals surface area contributed by atoms with Gasteiger partial charge in [0.25, 0.3) is 0 Å². The first-order valence-corrected chi connectivity index (χ1v) is 6.46. The molecule has 0 radical (unpaired) electrons. The van der Waals surface area contributed by atoms with Crippen molar-refractivity contribution in [3.05, 3.63) is 12.1 Å². The lowest BCUT2D eigenvalue weighted by atomic mass is 10.2. The van der Waals surface area contributed by atoms with Crippen LogP contribution in [0.5, 0.6) is 5.88 Å². The summed E-state index contributed by atoms with van der Waals surface area (Å²) in [6, 6.07) is 4.19. The van der Waals surface area contributed by atoms with Crippen LogP contribution in [0.4, 0.5) is 11.5 Å². The summed E-state index contributed by atoms with van der Waals surface area (Å²) in [5.41, 5.74) is 6.19. The van der Waals surface area contributed by atoms with E-state index in [2.05, 4.69) is 30.7 Å². The minimum Gasteiger partial charge on any atom is -0.470 e. The summed E-state index contributed by atoms with van der Waals surface area (Å²) in [4.78, 5) is 6.73. The third-order valence-corrected chi connectivity index (χ3v) is 2.54. The van der Waals surface area contributed by atoms with Crippen LogP contribution in [0.3, 0.4) is 0 Å². The topological polar surface area (TPSA) is 51.4 Å². The van der Waals surface area contributed by atoms with E-state index in [1.807, 2.05) is 32.9 Å². The van der Waals surface area contributed by atoms with Gasteiger partial charge >= 0.3 is 0 Å². The molecule has 1 heterocycles. The molecule has 4 nitrogen and oxygen atoms in total. The van der Waals surface area contributed by atoms with Crippen LogP contribution in [-0.2, 0) is 0 Å². The van der Waals surface area contributed by atoms with Gasteiger partial charge in [0.2, 0.25) is 5.88 Å². The number of aromatic nitrogens is 1. The van der Waals surface area contributed by atoms with Crippen LogP contribution in [0.1, 0.15) is 41.5 Å². The molecular formula is C14H25N3O. The Labute approximate surface area is 110 Å². The first-order chi connectivity index (χ1) is 8.24. The Morgan fingerprint density at radius 3 is 2.39 bits per heavy atom. The summed E-state index contributed by atoms with van der Waals surface area (Å²) in [5, 5.41) is 0. The molecule has 0 saturated carbocycles. The smallest absolute Gasteiger partial charge is 0.239 e. The number of hydrogen-bond donors (Lipinski definition) is 1. The molecule has 102 valence electrons. The van der Waals surface area contributed by atoms with Gasteiger partial charge in [-0.2, -0.15) is 4.98 Å². The number of nitrogen functional groups attached to an aromatic ring is 1. The van der Waals surface area contributed by atoms with Crippen molar-refractivity contribution in [2.45, 2.75) is 53.2 Å². The average Bonchev–Trinajstić information content (AvgIpc) is 2.21. The number of anilines is 2. The van der Waals surface area contributed by atoms with Crippen LogP contribution in [0.25, 0.3) is 0 Å². The fourth-order valence-electron chi connectivity index (χ4n) is 1.76. The highest BCUT2D eigenvalue weighted by molar-refractivity contribution is 5.55. The molecule has 2 N–H and O–H groups in total. The lowest BCUT2D eigenvalue weighted by Gasteiger charge is -2.28. The van der Waals surface area contributed by atoms with Crippen LogP contribution in [0.2, 0.25) is 0 Å². The monoisotopic (exact) mass is 251 g/mol. The van der Waals surface area contributed by atoms with Gasteiger partial charge in [0.05, 0.1) is 5.69 Å². The number of nitrogens with two attached hydrogens (primary N) is 1. The van der Waals surface area contributed by atoms with Gasteiger partial charge in [0.15, 0.2) is 0 Å². The van der Waals surface area contributed by atoms with Gasteiger partial charge in [-0.3, -0.25) is 0 Å². The molecule has 0 aliphatic rings. The van der Waals surface area contributed by atoms with Crippen LogP contribution in [-0.4, -0.2) is 23.2 Å². The van der Waals surface area contributed by atoms with Crippen LogP contribution >= 0.6 is 0 Å². The lowest BCUT2D eigenvalue weighted by Crippen LogP contribution is -2.31. The van der Waals surface area contributed by atoms with E-state index < -0.39 is 0 Å². The standard InChI is InChI=1S/C14H25N3O/c1-7-17(10(2)3)12-9-8-11(15)13(16-12)18-14(4,5)6/h8-10H,7,15H2,1-6H3. The minimum absolute atomic E-state index is 0.297. The fraction of sp³-hybridized carbons (Fsp3) is 0.643. The fourth-order valence-corrected chi connectivity index (χ4v) is 1.76. The van der Waals surface area contributed by atoms with Crippen molar-refractivity contribution in [3.63, 3.8) is 0 Å². The van der Waals surface area contributed by atoms with Gasteiger partial charge in [-0.1, -0.05) is 0 Å². The maximum Gasteiger partial charge on any atom is 0.239 e. The van der Waals surface area contributed by atoms with E-state index >= 15 is 0 Å². The third kappa shape index (κ3) is 3.79. The molecule has 0 amide bonds. The highest BCUT2D eigenvalue weighted by Gasteiger charge is 2.17. The molecule has 1 aromatic rings. The van der Waals surface area contributed by atoms with Gasteiger partial charge in [0, 0.05) is 12.6 Å². The van der Waals surface area contributed by atoms with Crippen LogP contribution < -0.4 is 15.4 Å². The Balaban J connectivity index is 3.07. The van der Waals surface area contributed by atoms with Gasteiger partial charge in [-0.15, -0.1) is 0 Å². The Morgan fingerprint density at radius 2 is 1.94 bits per heavy atom. The predicted octanol–water partition coefficient (Wildman–Crippen LogP) is 3.08. The zero-order valence-electron chi connectivity index (χ0n) is 12.3. The SMILES string of the molecule is CCN(c1ccc(N)c(OC(C)(C)C)n1)C(C)C. The van der Waals surface area contributed by atoms with E-state index in [9.17, 15) is 0 Å². The highest BCUT2D eigenvalue weighted by atomic mass is 16.5. The quantitative estimate of drug-likeness (QED) is 0.893. The average molecular weight is 251 g/mol. The predicted molar refractivity (Wildman–Crippen MR) is 77.2 cm³/mol. The maximum atomic E-state index is 5.91. The summed E-state index contributed by atoms with van der Waals surface area (Å²) in [5.74, 6) is 1.42. The van der Waals surface area contributed by atoms with E-state index in [4.69, 9.17) is 10.5 Å². The first-order valence-electron chi connectivity index (χ1n) is 6.46. The van der Waals surface area contributed by atoms with Crippen molar-refractivity contribution >= 4 is 11.5 Å². The van der Waals surface area contributed by atoms with E-state index in [-0.39, 0.29) is 5.60 Å². The zero-order valence-corrected chi connectivity index (χ0v) is 12.3. The molecule has 0 spiro atoms. The van der Waals surface area contributed by atoms with Crippen molar-refractivity contribution in [1.82, 2.24) is 4.98 Å². The molecule has 0 aliphatic heterocycles. The molecule has 0 unspecified atom stereocenters. The number of rotatable bonds is 4. The molecule has 0 aromatic carbocycles. The van der Waals surface area contributed by atoms with Crippen LogP contribution in [0.15, 0.2) is 12.1 Å². The Kier molecular flexibility index (Phi) is 4.43. The van der Waals surface area contributed by atoms with E-state index in [1.165, 1.54) is 0 Å². The number of pyridine rings is 1. The Hall–Kier alpha value is -1.45. The molecule has 0 bridgehead atoms. The lowest BCUT2D eigenvalue weighted by molar-refractivity contribution is 0.125. The number of hydrogen-bond acceptors (Lipinski definition) is 4. The zero-order chi connectivity index (χ0) is 13.9. The van der Waals surface area contributed by atoms with E-state index in [0.717, 1.165) is 12.4 Å². The van der Waals surface area contributed by atoms with Gasteiger partial charge in [0.1, 0.15) is 11.4 Å². The van der Waals surface area contributed by atoms with Gasteiger partial charge in [-0.05, 0) is 53.7 Å². The normalized spacial score (nSPS) is 11.7. The van der Waals surface area contributed by atoms with Crippen LogP contribution in [0, 0.1) is 0 Å². The molecule has 4 heteroatoms. The maximum absolute atomic E-state index is 5.91. The molecule has 0 atom stereocenters. The second-order valence-corrected chi connectivity index (χ2v) is 5.66. The molecule has 0 saturated heterocycles. The van der Waals surface area contributed by atoms with Crippen molar-refractivity contribution < 1.29 is 4.74 Å². The van der Waals surface area contributed by atoms with Crippen molar-refractivity contribution in [3.8, 4) is 5.88 Å². The molecule has 1 aromatic heterocycles. The Morgan fingerprint density at radius 1 is 1.33 bits per heavy atom. The highest BCUT2D eigenvalue weighted by Crippen LogP contribution is 2.27. The minimum atomic E-state index is -0.297. The molecule has 18 heavy (non-hydrogen) atoms. The second kappa shape index (κ2) is 5.46. The summed E-state index contributed by atoms with van der Waals surface area (Å²) < 4.78 is 5.78. The summed E-state index contributed by atoms with van der Waals surface area (Å²) in [7, 11) is 0. The van der Waals surface area contributed by atoms with Gasteiger partial charge in [-0.25, -0.2) is 0 Å². The molecular weight excluding hydrogens is 226 g/mol. The molecule has 1 rings (SSSR count). The summed E-state index contributed by atoms with van der Waals surface area (Å²) in [6.07, 6.45) is 0. The van der Waals surface area contributed by atoms with Crippen molar-refractivity contribution in [1.29, 1.82) is 0 Å². The number of nitrogens with zero attached hydrogens (tertiary/aromatic N) is 2. The summed E-state index contributed by atoms with van der Waals surface area (Å²) in [6.45, 7) is 13.3. The molecule has 0 aliphatic carbocycles.